The molecule has 2 rings (SSSR count). The van der Waals surface area contributed by atoms with Gasteiger partial charge in [-0.2, -0.15) is 0 Å². The quantitative estimate of drug-likeness (QED) is 0.889. The average Bonchev–Trinajstić information content (AvgIpc) is 2.55. The van der Waals surface area contributed by atoms with Gasteiger partial charge >= 0.3 is 0 Å². The molecule has 116 valence electrons. The summed E-state index contributed by atoms with van der Waals surface area (Å²) in [6, 6.07) is 12.3. The Morgan fingerprint density at radius 1 is 1.23 bits per heavy atom. The summed E-state index contributed by atoms with van der Waals surface area (Å²) < 4.78 is 6.52. The summed E-state index contributed by atoms with van der Waals surface area (Å²) in [5, 5.41) is 2.96. The molecule has 0 bridgehead atoms. The predicted molar refractivity (Wildman–Crippen MR) is 84.9 cm³/mol. The Kier molecular flexibility index (Phi) is 5.36. The number of nitrogens with zero attached hydrogens (tertiary/aromatic N) is 1. The fourth-order valence-electron chi connectivity index (χ4n) is 2.24. The zero-order chi connectivity index (χ0) is 15.9. The van der Waals surface area contributed by atoms with E-state index in [1.165, 1.54) is 10.6 Å². The number of hydrogen-bond donors (Lipinski definition) is 1. The summed E-state index contributed by atoms with van der Waals surface area (Å²) in [5.74, 6) is 0.594. The number of hydrogen-bond acceptors (Lipinski definition) is 3. The molecule has 1 amide bonds. The zero-order valence-corrected chi connectivity index (χ0v) is 12.8. The van der Waals surface area contributed by atoms with Crippen LogP contribution in [0.15, 0.2) is 53.5 Å². The van der Waals surface area contributed by atoms with Crippen molar-refractivity contribution in [2.75, 3.05) is 7.11 Å². The van der Waals surface area contributed by atoms with E-state index in [9.17, 15) is 9.59 Å². The number of benzene rings is 1. The second-order valence-electron chi connectivity index (χ2n) is 4.97. The first-order valence-corrected chi connectivity index (χ1v) is 7.22. The smallest absolute Gasteiger partial charge is 0.250 e. The van der Waals surface area contributed by atoms with Gasteiger partial charge < -0.3 is 14.6 Å². The van der Waals surface area contributed by atoms with Crippen molar-refractivity contribution in [2.24, 2.45) is 0 Å². The molecule has 1 atom stereocenters. The predicted octanol–water partition coefficient (Wildman–Crippen LogP) is 2.12. The van der Waals surface area contributed by atoms with Crippen molar-refractivity contribution in [1.82, 2.24) is 9.88 Å². The molecule has 0 aliphatic heterocycles. The molecular formula is C17H20N2O3. The highest BCUT2D eigenvalue weighted by atomic mass is 16.5. The molecule has 22 heavy (non-hydrogen) atoms. The number of carbonyl (C=O) groups is 1. The van der Waals surface area contributed by atoms with Crippen molar-refractivity contribution in [1.29, 1.82) is 0 Å². The van der Waals surface area contributed by atoms with E-state index in [0.717, 1.165) is 17.7 Å². The third-order valence-electron chi connectivity index (χ3n) is 3.47. The summed E-state index contributed by atoms with van der Waals surface area (Å²) in [7, 11) is 1.62. The van der Waals surface area contributed by atoms with E-state index in [1.807, 2.05) is 31.2 Å². The topological polar surface area (TPSA) is 60.3 Å². The van der Waals surface area contributed by atoms with E-state index >= 15 is 0 Å². The van der Waals surface area contributed by atoms with Gasteiger partial charge in [-0.25, -0.2) is 0 Å². The third kappa shape index (κ3) is 3.97. The molecule has 2 aromatic rings. The first kappa shape index (κ1) is 15.8. The van der Waals surface area contributed by atoms with Gasteiger partial charge in [-0.3, -0.25) is 9.59 Å². The molecule has 0 aliphatic carbocycles. The zero-order valence-electron chi connectivity index (χ0n) is 12.8. The van der Waals surface area contributed by atoms with Gasteiger partial charge in [0.25, 0.3) is 5.56 Å². The highest BCUT2D eigenvalue weighted by Gasteiger charge is 2.13. The number of aromatic nitrogens is 1. The minimum atomic E-state index is -0.185. The Morgan fingerprint density at radius 3 is 2.55 bits per heavy atom. The molecule has 1 aromatic heterocycles. The monoisotopic (exact) mass is 300 g/mol. The van der Waals surface area contributed by atoms with Crippen LogP contribution in [0, 0.1) is 0 Å². The molecule has 1 unspecified atom stereocenters. The van der Waals surface area contributed by atoms with E-state index in [1.54, 1.807) is 25.4 Å². The number of nitrogens with one attached hydrogen (secondary N) is 1. The van der Waals surface area contributed by atoms with Gasteiger partial charge in [0.2, 0.25) is 5.91 Å². The molecule has 0 spiro atoms. The maximum atomic E-state index is 12.1. The van der Waals surface area contributed by atoms with Gasteiger partial charge in [0, 0.05) is 12.3 Å². The van der Waals surface area contributed by atoms with Crippen LogP contribution < -0.4 is 15.6 Å². The number of rotatable bonds is 6. The van der Waals surface area contributed by atoms with Crippen LogP contribution in [0.4, 0.5) is 0 Å². The van der Waals surface area contributed by atoms with Crippen LogP contribution >= 0.6 is 0 Å². The van der Waals surface area contributed by atoms with Crippen LogP contribution in [0.3, 0.4) is 0 Å². The molecule has 0 fully saturated rings. The van der Waals surface area contributed by atoms with Crippen LogP contribution in [-0.2, 0) is 11.3 Å². The third-order valence-corrected chi connectivity index (χ3v) is 3.47. The Balaban J connectivity index is 2.04. The summed E-state index contributed by atoms with van der Waals surface area (Å²) in [5.41, 5.74) is 0.826. The van der Waals surface area contributed by atoms with Gasteiger partial charge in [-0.1, -0.05) is 25.1 Å². The molecule has 5 nitrogen and oxygen atoms in total. The van der Waals surface area contributed by atoms with Gasteiger partial charge in [-0.15, -0.1) is 0 Å². The van der Waals surface area contributed by atoms with Crippen molar-refractivity contribution < 1.29 is 9.53 Å². The van der Waals surface area contributed by atoms with Crippen molar-refractivity contribution in [2.45, 2.75) is 25.9 Å². The van der Waals surface area contributed by atoms with E-state index in [-0.39, 0.29) is 24.1 Å². The molecule has 0 aliphatic rings. The molecule has 5 heteroatoms. The van der Waals surface area contributed by atoms with Crippen LogP contribution in [0.1, 0.15) is 24.9 Å². The average molecular weight is 300 g/mol. The lowest BCUT2D eigenvalue weighted by Crippen LogP contribution is -2.34. The highest BCUT2D eigenvalue weighted by Crippen LogP contribution is 2.19. The number of carbonyl (C=O) groups excluding carboxylic acids is 1. The molecule has 0 saturated heterocycles. The molecular weight excluding hydrogens is 280 g/mol. The fraction of sp³-hybridized carbons (Fsp3) is 0.294. The summed E-state index contributed by atoms with van der Waals surface area (Å²) >= 11 is 0. The van der Waals surface area contributed by atoms with E-state index in [2.05, 4.69) is 5.32 Å². The van der Waals surface area contributed by atoms with Crippen LogP contribution in [0.5, 0.6) is 5.75 Å². The van der Waals surface area contributed by atoms with E-state index in [0.29, 0.717) is 0 Å². The normalized spacial score (nSPS) is 11.7. The lowest BCUT2D eigenvalue weighted by molar-refractivity contribution is -0.122. The fourth-order valence-corrected chi connectivity index (χ4v) is 2.24. The first-order valence-electron chi connectivity index (χ1n) is 7.22. The molecule has 1 aromatic carbocycles. The van der Waals surface area contributed by atoms with Crippen molar-refractivity contribution in [3.63, 3.8) is 0 Å². The minimum Gasteiger partial charge on any atom is -0.497 e. The molecule has 0 saturated carbocycles. The molecule has 1 N–H and O–H groups in total. The van der Waals surface area contributed by atoms with Gasteiger partial charge in [0.1, 0.15) is 12.3 Å². The van der Waals surface area contributed by atoms with Crippen molar-refractivity contribution >= 4 is 5.91 Å². The van der Waals surface area contributed by atoms with Crippen LogP contribution in [-0.4, -0.2) is 17.6 Å². The summed E-state index contributed by atoms with van der Waals surface area (Å²) in [6.45, 7) is 2.02. The Hall–Kier alpha value is -2.56. The Bertz CT molecular complexity index is 677. The van der Waals surface area contributed by atoms with Crippen molar-refractivity contribution in [3.05, 3.63) is 64.6 Å². The lowest BCUT2D eigenvalue weighted by atomic mass is 10.0. The SMILES string of the molecule is CCC(NC(=O)Cn1ccccc1=O)c1ccc(OC)cc1. The first-order chi connectivity index (χ1) is 10.6. The largest absolute Gasteiger partial charge is 0.497 e. The van der Waals surface area contributed by atoms with Crippen molar-refractivity contribution in [3.8, 4) is 5.75 Å². The van der Waals surface area contributed by atoms with E-state index in [4.69, 9.17) is 4.74 Å². The Morgan fingerprint density at radius 2 is 1.95 bits per heavy atom. The van der Waals surface area contributed by atoms with E-state index < -0.39 is 0 Å². The van der Waals surface area contributed by atoms with Crippen LogP contribution in [0.25, 0.3) is 0 Å². The maximum absolute atomic E-state index is 12.1. The number of amides is 1. The summed E-state index contributed by atoms with van der Waals surface area (Å²) in [4.78, 5) is 23.8. The van der Waals surface area contributed by atoms with Crippen LogP contribution in [0.2, 0.25) is 0 Å². The maximum Gasteiger partial charge on any atom is 0.250 e. The number of pyridine rings is 1. The minimum absolute atomic E-state index is 0.0202. The van der Waals surface area contributed by atoms with Gasteiger partial charge in [0.05, 0.1) is 13.2 Å². The van der Waals surface area contributed by atoms with Gasteiger partial charge in [0.15, 0.2) is 0 Å². The highest BCUT2D eigenvalue weighted by molar-refractivity contribution is 5.76. The Labute approximate surface area is 129 Å². The standard InChI is InChI=1S/C17H20N2O3/c1-3-15(13-7-9-14(22-2)10-8-13)18-16(20)12-19-11-5-4-6-17(19)21/h4-11,15H,3,12H2,1-2H3,(H,18,20). The molecule has 1 heterocycles. The second kappa shape index (κ2) is 7.45. The molecule has 0 radical (unpaired) electrons. The van der Waals surface area contributed by atoms with Gasteiger partial charge in [-0.05, 0) is 30.2 Å². The summed E-state index contributed by atoms with van der Waals surface area (Å²) in [6.07, 6.45) is 2.37. The lowest BCUT2D eigenvalue weighted by Gasteiger charge is -2.18. The number of ether oxygens (including phenoxy) is 1. The number of methoxy groups -OCH3 is 1. The second-order valence-corrected chi connectivity index (χ2v) is 4.97.